The lowest BCUT2D eigenvalue weighted by Gasteiger charge is -2.33. The second-order valence-corrected chi connectivity index (χ2v) is 6.39. The molecule has 1 rings (SSSR count). The predicted molar refractivity (Wildman–Crippen MR) is 76.4 cm³/mol. The molecule has 0 heterocycles. The van der Waals surface area contributed by atoms with Gasteiger partial charge in [-0.05, 0) is 45.2 Å². The molecule has 0 aromatic carbocycles. The van der Waals surface area contributed by atoms with Gasteiger partial charge in [0.15, 0.2) is 0 Å². The van der Waals surface area contributed by atoms with Crippen LogP contribution in [0.15, 0.2) is 0 Å². The Bertz CT molecular complexity index is 217. The van der Waals surface area contributed by atoms with Gasteiger partial charge in [0, 0.05) is 18.6 Å². The van der Waals surface area contributed by atoms with Crippen molar-refractivity contribution in [2.24, 2.45) is 11.3 Å². The van der Waals surface area contributed by atoms with Crippen molar-refractivity contribution in [3.63, 3.8) is 0 Å². The van der Waals surface area contributed by atoms with Gasteiger partial charge in [-0.1, -0.05) is 33.6 Å². The average Bonchev–Trinajstić information content (AvgIpc) is 3.03. The van der Waals surface area contributed by atoms with Gasteiger partial charge in [-0.25, -0.2) is 0 Å². The highest BCUT2D eigenvalue weighted by Crippen LogP contribution is 2.47. The van der Waals surface area contributed by atoms with Crippen molar-refractivity contribution in [2.45, 2.75) is 65.5 Å². The smallest absolute Gasteiger partial charge is 0.0242 e. The summed E-state index contributed by atoms with van der Waals surface area (Å²) in [4.78, 5) is 2.40. The molecule has 0 saturated heterocycles. The van der Waals surface area contributed by atoms with Crippen molar-refractivity contribution in [1.29, 1.82) is 0 Å². The number of hydrogen-bond acceptors (Lipinski definition) is 2. The minimum absolute atomic E-state index is 0.588. The Balaban J connectivity index is 2.43. The standard InChI is InChI=1S/C15H32N2/c1-7-13(8-2)14(17(5)6)11-16-12(3)15(4)9-10-15/h12-14,16H,7-11H2,1-6H3. The molecule has 0 bridgehead atoms. The highest BCUT2D eigenvalue weighted by Gasteiger charge is 2.42. The second kappa shape index (κ2) is 6.19. The third-order valence-electron chi connectivity index (χ3n) is 4.97. The molecule has 0 aliphatic heterocycles. The van der Waals surface area contributed by atoms with Crippen molar-refractivity contribution in [1.82, 2.24) is 10.2 Å². The minimum atomic E-state index is 0.588. The van der Waals surface area contributed by atoms with E-state index in [1.807, 2.05) is 0 Å². The fourth-order valence-electron chi connectivity index (χ4n) is 2.78. The van der Waals surface area contributed by atoms with Crippen LogP contribution in [0, 0.1) is 11.3 Å². The molecule has 2 unspecified atom stereocenters. The van der Waals surface area contributed by atoms with Crippen LogP contribution in [0.2, 0.25) is 0 Å². The van der Waals surface area contributed by atoms with E-state index in [0.29, 0.717) is 17.5 Å². The van der Waals surface area contributed by atoms with Gasteiger partial charge in [0.2, 0.25) is 0 Å². The Morgan fingerprint density at radius 2 is 1.71 bits per heavy atom. The topological polar surface area (TPSA) is 15.3 Å². The van der Waals surface area contributed by atoms with Gasteiger partial charge in [-0.2, -0.15) is 0 Å². The fraction of sp³-hybridized carbons (Fsp3) is 1.00. The summed E-state index contributed by atoms with van der Waals surface area (Å²) in [7, 11) is 4.43. The van der Waals surface area contributed by atoms with E-state index in [2.05, 4.69) is 52.0 Å². The van der Waals surface area contributed by atoms with Crippen LogP contribution < -0.4 is 5.32 Å². The minimum Gasteiger partial charge on any atom is -0.312 e. The summed E-state index contributed by atoms with van der Waals surface area (Å²) in [5.74, 6) is 0.816. The molecular formula is C15H32N2. The molecule has 2 heteroatoms. The van der Waals surface area contributed by atoms with Crippen LogP contribution in [0.1, 0.15) is 53.4 Å². The zero-order valence-electron chi connectivity index (χ0n) is 12.7. The van der Waals surface area contributed by atoms with E-state index in [9.17, 15) is 0 Å². The van der Waals surface area contributed by atoms with Gasteiger partial charge in [-0.3, -0.25) is 0 Å². The number of hydrogen-bond donors (Lipinski definition) is 1. The summed E-state index contributed by atoms with van der Waals surface area (Å²) in [6, 6.07) is 1.34. The van der Waals surface area contributed by atoms with Crippen LogP contribution in [0.25, 0.3) is 0 Å². The van der Waals surface area contributed by atoms with E-state index >= 15 is 0 Å². The molecule has 2 atom stereocenters. The Labute approximate surface area is 108 Å². The monoisotopic (exact) mass is 240 g/mol. The molecule has 0 amide bonds. The Kier molecular flexibility index (Phi) is 5.46. The predicted octanol–water partition coefficient (Wildman–Crippen LogP) is 3.13. The Morgan fingerprint density at radius 1 is 1.18 bits per heavy atom. The highest BCUT2D eigenvalue weighted by molar-refractivity contribution is 4.97. The third-order valence-corrected chi connectivity index (χ3v) is 4.97. The highest BCUT2D eigenvalue weighted by atomic mass is 15.1. The molecule has 1 saturated carbocycles. The Hall–Kier alpha value is -0.0800. The van der Waals surface area contributed by atoms with Crippen molar-refractivity contribution >= 4 is 0 Å². The molecule has 0 spiro atoms. The van der Waals surface area contributed by atoms with Crippen molar-refractivity contribution in [3.05, 3.63) is 0 Å². The molecular weight excluding hydrogens is 208 g/mol. The first-order valence-electron chi connectivity index (χ1n) is 7.34. The first-order valence-corrected chi connectivity index (χ1v) is 7.34. The van der Waals surface area contributed by atoms with E-state index in [-0.39, 0.29) is 0 Å². The lowest BCUT2D eigenvalue weighted by atomic mass is 9.92. The first-order chi connectivity index (χ1) is 7.94. The van der Waals surface area contributed by atoms with Gasteiger partial charge >= 0.3 is 0 Å². The summed E-state index contributed by atoms with van der Waals surface area (Å²) >= 11 is 0. The van der Waals surface area contributed by atoms with E-state index in [1.165, 1.54) is 25.7 Å². The molecule has 17 heavy (non-hydrogen) atoms. The molecule has 0 aromatic heterocycles. The zero-order chi connectivity index (χ0) is 13.1. The van der Waals surface area contributed by atoms with Crippen molar-refractivity contribution in [3.8, 4) is 0 Å². The quantitative estimate of drug-likeness (QED) is 0.701. The maximum Gasteiger partial charge on any atom is 0.0242 e. The lowest BCUT2D eigenvalue weighted by molar-refractivity contribution is 0.184. The van der Waals surface area contributed by atoms with E-state index in [0.717, 1.165) is 12.5 Å². The van der Waals surface area contributed by atoms with Crippen LogP contribution in [0.5, 0.6) is 0 Å². The van der Waals surface area contributed by atoms with E-state index in [4.69, 9.17) is 0 Å². The van der Waals surface area contributed by atoms with E-state index in [1.54, 1.807) is 0 Å². The summed E-state index contributed by atoms with van der Waals surface area (Å²) in [6.45, 7) is 10.5. The maximum absolute atomic E-state index is 3.77. The normalized spacial score (nSPS) is 21.9. The van der Waals surface area contributed by atoms with Crippen LogP contribution in [-0.4, -0.2) is 37.6 Å². The van der Waals surface area contributed by atoms with Crippen LogP contribution in [0.4, 0.5) is 0 Å². The van der Waals surface area contributed by atoms with Gasteiger partial charge < -0.3 is 10.2 Å². The molecule has 102 valence electrons. The number of nitrogens with zero attached hydrogens (tertiary/aromatic N) is 1. The summed E-state index contributed by atoms with van der Waals surface area (Å²) in [5, 5.41) is 3.77. The zero-order valence-corrected chi connectivity index (χ0v) is 12.7. The first kappa shape index (κ1) is 15.0. The molecule has 2 nitrogen and oxygen atoms in total. The van der Waals surface area contributed by atoms with Crippen LogP contribution >= 0.6 is 0 Å². The molecule has 1 aliphatic rings. The molecule has 0 aromatic rings. The van der Waals surface area contributed by atoms with Crippen LogP contribution in [0.3, 0.4) is 0 Å². The molecule has 1 aliphatic carbocycles. The lowest BCUT2D eigenvalue weighted by Crippen LogP contribution is -2.47. The number of likely N-dealkylation sites (N-methyl/N-ethyl adjacent to an activating group) is 1. The molecule has 1 N–H and O–H groups in total. The summed E-state index contributed by atoms with van der Waals surface area (Å²) in [5.41, 5.74) is 0.588. The van der Waals surface area contributed by atoms with Gasteiger partial charge in [0.25, 0.3) is 0 Å². The molecule has 1 fully saturated rings. The van der Waals surface area contributed by atoms with E-state index < -0.39 is 0 Å². The third kappa shape index (κ3) is 3.96. The molecule has 0 radical (unpaired) electrons. The fourth-order valence-corrected chi connectivity index (χ4v) is 2.78. The largest absolute Gasteiger partial charge is 0.312 e. The van der Waals surface area contributed by atoms with Gasteiger partial charge in [0.1, 0.15) is 0 Å². The summed E-state index contributed by atoms with van der Waals surface area (Å²) < 4.78 is 0. The Morgan fingerprint density at radius 3 is 2.06 bits per heavy atom. The number of rotatable bonds is 8. The number of nitrogens with one attached hydrogen (secondary N) is 1. The maximum atomic E-state index is 3.77. The van der Waals surface area contributed by atoms with Crippen molar-refractivity contribution < 1.29 is 0 Å². The van der Waals surface area contributed by atoms with Crippen molar-refractivity contribution in [2.75, 3.05) is 20.6 Å². The van der Waals surface area contributed by atoms with Crippen LogP contribution in [-0.2, 0) is 0 Å². The van der Waals surface area contributed by atoms with Gasteiger partial charge in [-0.15, -0.1) is 0 Å². The SMILES string of the molecule is CCC(CC)C(CNC(C)C1(C)CC1)N(C)C. The van der Waals surface area contributed by atoms with Gasteiger partial charge in [0.05, 0.1) is 0 Å². The summed E-state index contributed by atoms with van der Waals surface area (Å²) in [6.07, 6.45) is 5.37. The second-order valence-electron chi connectivity index (χ2n) is 6.39. The average molecular weight is 240 g/mol.